The van der Waals surface area contributed by atoms with E-state index in [1.165, 1.54) is 17.2 Å². The molecule has 0 radical (unpaired) electrons. The molecule has 0 heterocycles. The highest BCUT2D eigenvalue weighted by Crippen LogP contribution is 2.30. The van der Waals surface area contributed by atoms with E-state index in [-0.39, 0.29) is 11.9 Å². The molecule has 1 aromatic carbocycles. The van der Waals surface area contributed by atoms with Gasteiger partial charge in [-0.25, -0.2) is 0 Å². The normalized spacial score (nSPS) is 18.7. The summed E-state index contributed by atoms with van der Waals surface area (Å²) in [5.41, 5.74) is 2.60. The molecule has 0 spiro atoms. The van der Waals surface area contributed by atoms with Crippen molar-refractivity contribution in [3.8, 4) is 0 Å². The molecule has 2 heteroatoms. The molecule has 2 rings (SSSR count). The van der Waals surface area contributed by atoms with Crippen LogP contribution in [0.15, 0.2) is 36.9 Å². The third-order valence-electron chi connectivity index (χ3n) is 2.63. The van der Waals surface area contributed by atoms with Gasteiger partial charge in [0.05, 0.1) is 6.04 Å². The van der Waals surface area contributed by atoms with Gasteiger partial charge in [0, 0.05) is 0 Å². The highest BCUT2D eigenvalue weighted by Gasteiger charge is 2.22. The number of hydrogen-bond donors (Lipinski definition) is 1. The van der Waals surface area contributed by atoms with Gasteiger partial charge < -0.3 is 5.32 Å². The van der Waals surface area contributed by atoms with E-state index in [0.29, 0.717) is 0 Å². The Bertz CT molecular complexity index is 370. The van der Waals surface area contributed by atoms with Gasteiger partial charge in [-0.2, -0.15) is 0 Å². The molecule has 0 saturated carbocycles. The van der Waals surface area contributed by atoms with Crippen LogP contribution in [-0.4, -0.2) is 5.91 Å². The number of carbonyl (C=O) groups excluding carboxylic acids is 1. The fraction of sp³-hybridized carbons (Fsp3) is 0.250. The Kier molecular flexibility index (Phi) is 2.35. The second kappa shape index (κ2) is 3.66. The summed E-state index contributed by atoms with van der Waals surface area (Å²) in [6.45, 7) is 3.45. The van der Waals surface area contributed by atoms with Crippen LogP contribution in [0.5, 0.6) is 0 Å². The zero-order chi connectivity index (χ0) is 9.97. The van der Waals surface area contributed by atoms with Gasteiger partial charge in [-0.15, -0.1) is 0 Å². The summed E-state index contributed by atoms with van der Waals surface area (Å²) >= 11 is 0. The maximum Gasteiger partial charge on any atom is 0.243 e. The van der Waals surface area contributed by atoms with Gasteiger partial charge in [-0.1, -0.05) is 30.8 Å². The lowest BCUT2D eigenvalue weighted by atomic mass is 10.1. The van der Waals surface area contributed by atoms with Crippen molar-refractivity contribution in [1.82, 2.24) is 5.32 Å². The molecule has 1 amide bonds. The lowest BCUT2D eigenvalue weighted by molar-refractivity contribution is -0.117. The van der Waals surface area contributed by atoms with Crippen molar-refractivity contribution in [1.29, 1.82) is 0 Å². The summed E-state index contributed by atoms with van der Waals surface area (Å²) in [6.07, 6.45) is 3.37. The predicted molar refractivity (Wildman–Crippen MR) is 55.8 cm³/mol. The molecule has 2 nitrogen and oxygen atoms in total. The van der Waals surface area contributed by atoms with Gasteiger partial charge in [0.2, 0.25) is 5.91 Å². The number of carbonyl (C=O) groups is 1. The van der Waals surface area contributed by atoms with E-state index < -0.39 is 0 Å². The van der Waals surface area contributed by atoms with Crippen molar-refractivity contribution >= 4 is 5.91 Å². The number of fused-ring (bicyclic) bond motifs is 1. The summed E-state index contributed by atoms with van der Waals surface area (Å²) in [7, 11) is 0. The Labute approximate surface area is 83.6 Å². The molecule has 1 atom stereocenters. The van der Waals surface area contributed by atoms with E-state index in [1.54, 1.807) is 0 Å². The average molecular weight is 187 g/mol. The third-order valence-corrected chi connectivity index (χ3v) is 2.63. The first-order valence-electron chi connectivity index (χ1n) is 4.82. The maximum atomic E-state index is 11.1. The summed E-state index contributed by atoms with van der Waals surface area (Å²) in [6, 6.07) is 8.43. The average Bonchev–Trinajstić information content (AvgIpc) is 2.62. The molecule has 1 aliphatic carbocycles. The second-order valence-electron chi connectivity index (χ2n) is 3.50. The minimum atomic E-state index is -0.0910. The molecule has 1 N–H and O–H groups in total. The number of amides is 1. The summed E-state index contributed by atoms with van der Waals surface area (Å²) in [5.74, 6) is -0.0910. The van der Waals surface area contributed by atoms with E-state index in [0.717, 1.165) is 12.8 Å². The number of nitrogens with one attached hydrogen (secondary N) is 1. The highest BCUT2D eigenvalue weighted by atomic mass is 16.1. The van der Waals surface area contributed by atoms with Crippen LogP contribution in [0.2, 0.25) is 0 Å². The molecular weight excluding hydrogens is 174 g/mol. The molecular formula is C12H13NO. The van der Waals surface area contributed by atoms with Crippen molar-refractivity contribution in [3.05, 3.63) is 48.0 Å². The van der Waals surface area contributed by atoms with Gasteiger partial charge in [-0.05, 0) is 30.0 Å². The Morgan fingerprint density at radius 2 is 2.29 bits per heavy atom. The zero-order valence-electron chi connectivity index (χ0n) is 7.99. The number of rotatable bonds is 2. The second-order valence-corrected chi connectivity index (χ2v) is 3.50. The van der Waals surface area contributed by atoms with Crippen molar-refractivity contribution in [3.63, 3.8) is 0 Å². The molecule has 0 saturated heterocycles. The van der Waals surface area contributed by atoms with Crippen LogP contribution in [0, 0.1) is 0 Å². The predicted octanol–water partition coefficient (Wildman–Crippen LogP) is 1.98. The van der Waals surface area contributed by atoms with Gasteiger partial charge in [0.25, 0.3) is 0 Å². The third kappa shape index (κ3) is 1.55. The van der Waals surface area contributed by atoms with Crippen molar-refractivity contribution in [2.45, 2.75) is 18.9 Å². The molecule has 0 fully saturated rings. The van der Waals surface area contributed by atoms with E-state index in [2.05, 4.69) is 24.0 Å². The number of aryl methyl sites for hydroxylation is 1. The Balaban J connectivity index is 2.18. The van der Waals surface area contributed by atoms with Crippen LogP contribution in [-0.2, 0) is 11.2 Å². The molecule has 0 aromatic heterocycles. The van der Waals surface area contributed by atoms with Crippen LogP contribution in [0.25, 0.3) is 0 Å². The highest BCUT2D eigenvalue weighted by molar-refractivity contribution is 5.87. The molecule has 0 aliphatic heterocycles. The first kappa shape index (κ1) is 9.00. The minimum absolute atomic E-state index is 0.0910. The van der Waals surface area contributed by atoms with E-state index in [9.17, 15) is 4.79 Å². The lowest BCUT2D eigenvalue weighted by Gasteiger charge is -2.11. The molecule has 14 heavy (non-hydrogen) atoms. The fourth-order valence-electron chi connectivity index (χ4n) is 1.94. The largest absolute Gasteiger partial charge is 0.346 e. The topological polar surface area (TPSA) is 29.1 Å². The van der Waals surface area contributed by atoms with Crippen LogP contribution in [0.4, 0.5) is 0 Å². The Morgan fingerprint density at radius 3 is 3.07 bits per heavy atom. The quantitative estimate of drug-likeness (QED) is 0.705. The van der Waals surface area contributed by atoms with E-state index in [4.69, 9.17) is 0 Å². The summed E-state index contributed by atoms with van der Waals surface area (Å²) < 4.78 is 0. The number of benzene rings is 1. The van der Waals surface area contributed by atoms with Gasteiger partial charge in [0.1, 0.15) is 0 Å². The van der Waals surface area contributed by atoms with Gasteiger partial charge >= 0.3 is 0 Å². The summed E-state index contributed by atoms with van der Waals surface area (Å²) in [4.78, 5) is 11.1. The first-order chi connectivity index (χ1) is 6.81. The molecule has 1 aliphatic rings. The standard InChI is InChI=1S/C12H13NO/c1-2-12(14)13-11-8-7-9-5-3-4-6-10(9)11/h2-6,11H,1,7-8H2,(H,13,14). The minimum Gasteiger partial charge on any atom is -0.346 e. The van der Waals surface area contributed by atoms with E-state index >= 15 is 0 Å². The van der Waals surface area contributed by atoms with Crippen molar-refractivity contribution in [2.75, 3.05) is 0 Å². The first-order valence-corrected chi connectivity index (χ1v) is 4.82. The number of hydrogen-bond acceptors (Lipinski definition) is 1. The Morgan fingerprint density at radius 1 is 1.50 bits per heavy atom. The van der Waals surface area contributed by atoms with Crippen LogP contribution in [0.3, 0.4) is 0 Å². The zero-order valence-corrected chi connectivity index (χ0v) is 7.99. The van der Waals surface area contributed by atoms with Crippen LogP contribution in [0.1, 0.15) is 23.6 Å². The molecule has 0 bridgehead atoms. The summed E-state index contributed by atoms with van der Waals surface area (Å²) in [5, 5.41) is 2.93. The SMILES string of the molecule is C=CC(=O)NC1CCc2ccccc21. The monoisotopic (exact) mass is 187 g/mol. The van der Waals surface area contributed by atoms with Gasteiger partial charge in [0.15, 0.2) is 0 Å². The van der Waals surface area contributed by atoms with Crippen LogP contribution >= 0.6 is 0 Å². The Hall–Kier alpha value is -1.57. The van der Waals surface area contributed by atoms with Crippen LogP contribution < -0.4 is 5.32 Å². The molecule has 72 valence electrons. The van der Waals surface area contributed by atoms with Gasteiger partial charge in [-0.3, -0.25) is 4.79 Å². The maximum absolute atomic E-state index is 11.1. The smallest absolute Gasteiger partial charge is 0.243 e. The lowest BCUT2D eigenvalue weighted by Crippen LogP contribution is -2.24. The van der Waals surface area contributed by atoms with Crippen molar-refractivity contribution in [2.24, 2.45) is 0 Å². The van der Waals surface area contributed by atoms with E-state index in [1.807, 2.05) is 12.1 Å². The molecule has 1 unspecified atom stereocenters. The molecule has 1 aromatic rings. The fourth-order valence-corrected chi connectivity index (χ4v) is 1.94. The van der Waals surface area contributed by atoms with Crippen molar-refractivity contribution < 1.29 is 4.79 Å².